The number of halogens is 2. The Bertz CT molecular complexity index is 1250. The van der Waals surface area contributed by atoms with Gasteiger partial charge < -0.3 is 4.74 Å². The lowest BCUT2D eigenvalue weighted by Crippen LogP contribution is -2.39. The molecule has 1 amide bonds. The smallest absolute Gasteiger partial charge is 0.264 e. The van der Waals surface area contributed by atoms with Crippen molar-refractivity contribution in [3.63, 3.8) is 0 Å². The summed E-state index contributed by atoms with van der Waals surface area (Å²) in [6.07, 6.45) is 1.38. The average Bonchev–Trinajstić information content (AvgIpc) is 2.81. The van der Waals surface area contributed by atoms with Crippen molar-refractivity contribution in [2.24, 2.45) is 5.10 Å². The van der Waals surface area contributed by atoms with Crippen LogP contribution in [0.1, 0.15) is 12.5 Å². The minimum absolute atomic E-state index is 0.0448. The number of para-hydroxylation sites is 2. The van der Waals surface area contributed by atoms with E-state index in [9.17, 15) is 13.2 Å². The summed E-state index contributed by atoms with van der Waals surface area (Å²) in [5.41, 5.74) is 3.20. The lowest BCUT2D eigenvalue weighted by atomic mass is 10.2. The first kappa shape index (κ1) is 24.6. The Morgan fingerprint density at radius 2 is 1.73 bits per heavy atom. The molecular formula is C23H21Cl2N3O4S. The predicted molar refractivity (Wildman–Crippen MR) is 131 cm³/mol. The van der Waals surface area contributed by atoms with Gasteiger partial charge in [0.2, 0.25) is 0 Å². The standard InChI is InChI=1S/C23H21Cl2N3O4S/c1-2-32-22-11-7-6-10-21(22)28(33(30,31)18-8-4-3-5-9-18)16-23(29)27-26-15-17-12-13-19(24)20(25)14-17/h3-15H,2,16H2,1H3,(H,27,29)/b26-15+. The Kier molecular flexibility index (Phi) is 8.32. The normalized spacial score (nSPS) is 11.4. The van der Waals surface area contributed by atoms with E-state index in [1.165, 1.54) is 18.3 Å². The molecule has 0 bridgehead atoms. The highest BCUT2D eigenvalue weighted by Gasteiger charge is 2.29. The van der Waals surface area contributed by atoms with Gasteiger partial charge in [-0.15, -0.1) is 0 Å². The maximum absolute atomic E-state index is 13.4. The molecule has 10 heteroatoms. The van der Waals surface area contributed by atoms with Gasteiger partial charge >= 0.3 is 0 Å². The highest BCUT2D eigenvalue weighted by atomic mass is 35.5. The van der Waals surface area contributed by atoms with Crippen molar-refractivity contribution in [2.45, 2.75) is 11.8 Å². The summed E-state index contributed by atoms with van der Waals surface area (Å²) in [6.45, 7) is 1.60. The molecule has 0 aliphatic carbocycles. The van der Waals surface area contributed by atoms with Gasteiger partial charge in [0.15, 0.2) is 0 Å². The topological polar surface area (TPSA) is 88.1 Å². The molecule has 7 nitrogen and oxygen atoms in total. The van der Waals surface area contributed by atoms with Gasteiger partial charge in [-0.2, -0.15) is 5.10 Å². The van der Waals surface area contributed by atoms with Gasteiger partial charge in [-0.05, 0) is 48.9 Å². The van der Waals surface area contributed by atoms with E-state index in [0.29, 0.717) is 28.0 Å². The lowest BCUT2D eigenvalue weighted by Gasteiger charge is -2.25. The highest BCUT2D eigenvalue weighted by molar-refractivity contribution is 7.92. The third kappa shape index (κ3) is 6.25. The lowest BCUT2D eigenvalue weighted by molar-refractivity contribution is -0.119. The summed E-state index contributed by atoms with van der Waals surface area (Å²) in [6, 6.07) is 19.4. The van der Waals surface area contributed by atoms with Crippen LogP contribution < -0.4 is 14.5 Å². The van der Waals surface area contributed by atoms with Crippen LogP contribution in [0.25, 0.3) is 0 Å². The number of carbonyl (C=O) groups excluding carboxylic acids is 1. The van der Waals surface area contributed by atoms with E-state index in [1.54, 1.807) is 67.6 Å². The number of carbonyl (C=O) groups is 1. The molecule has 0 aliphatic heterocycles. The van der Waals surface area contributed by atoms with Gasteiger partial charge in [0.25, 0.3) is 15.9 Å². The maximum atomic E-state index is 13.4. The van der Waals surface area contributed by atoms with Gasteiger partial charge in [-0.25, -0.2) is 13.8 Å². The molecular weight excluding hydrogens is 485 g/mol. The Balaban J connectivity index is 1.88. The van der Waals surface area contributed by atoms with Crippen molar-refractivity contribution in [1.82, 2.24) is 5.43 Å². The number of nitrogens with zero attached hydrogens (tertiary/aromatic N) is 2. The number of nitrogens with one attached hydrogen (secondary N) is 1. The largest absolute Gasteiger partial charge is 0.492 e. The number of hydrogen-bond acceptors (Lipinski definition) is 5. The highest BCUT2D eigenvalue weighted by Crippen LogP contribution is 2.32. The zero-order valence-electron chi connectivity index (χ0n) is 17.6. The van der Waals surface area contributed by atoms with E-state index in [0.717, 1.165) is 4.31 Å². The second-order valence-electron chi connectivity index (χ2n) is 6.69. The summed E-state index contributed by atoms with van der Waals surface area (Å²) in [7, 11) is -4.07. The van der Waals surface area contributed by atoms with Crippen LogP contribution in [0.15, 0.2) is 82.8 Å². The van der Waals surface area contributed by atoms with E-state index in [2.05, 4.69) is 10.5 Å². The monoisotopic (exact) mass is 505 g/mol. The van der Waals surface area contributed by atoms with Crippen LogP contribution in [0, 0.1) is 0 Å². The first-order valence-electron chi connectivity index (χ1n) is 9.89. The molecule has 0 aromatic heterocycles. The molecule has 0 heterocycles. The second-order valence-corrected chi connectivity index (χ2v) is 9.37. The Morgan fingerprint density at radius 3 is 2.42 bits per heavy atom. The van der Waals surface area contributed by atoms with Gasteiger partial charge in [-0.3, -0.25) is 9.10 Å². The molecule has 0 aliphatic rings. The number of amides is 1. The van der Waals surface area contributed by atoms with Crippen LogP contribution in [0.2, 0.25) is 10.0 Å². The summed E-state index contributed by atoms with van der Waals surface area (Å²) >= 11 is 11.9. The van der Waals surface area contributed by atoms with E-state index in [-0.39, 0.29) is 10.6 Å². The third-order valence-electron chi connectivity index (χ3n) is 4.40. The second kappa shape index (κ2) is 11.2. The molecule has 3 aromatic carbocycles. The average molecular weight is 506 g/mol. The zero-order valence-corrected chi connectivity index (χ0v) is 19.9. The molecule has 0 saturated heterocycles. The summed E-state index contributed by atoms with van der Waals surface area (Å²) in [5.74, 6) is -0.302. The number of anilines is 1. The Morgan fingerprint density at radius 1 is 1.03 bits per heavy atom. The Labute approximate surface area is 202 Å². The quantitative estimate of drug-likeness (QED) is 0.336. The van der Waals surface area contributed by atoms with Crippen LogP contribution in [0.5, 0.6) is 5.75 Å². The third-order valence-corrected chi connectivity index (χ3v) is 6.91. The van der Waals surface area contributed by atoms with Crippen molar-refractivity contribution in [2.75, 3.05) is 17.5 Å². The molecule has 0 fully saturated rings. The van der Waals surface area contributed by atoms with Gasteiger partial charge in [0.1, 0.15) is 12.3 Å². The predicted octanol–water partition coefficient (Wildman–Crippen LogP) is 4.74. The fourth-order valence-electron chi connectivity index (χ4n) is 2.90. The number of benzene rings is 3. The molecule has 33 heavy (non-hydrogen) atoms. The van der Waals surface area contributed by atoms with E-state index in [4.69, 9.17) is 27.9 Å². The molecule has 3 rings (SSSR count). The summed E-state index contributed by atoms with van der Waals surface area (Å²) in [4.78, 5) is 12.7. The Hall–Kier alpha value is -3.07. The molecule has 0 spiro atoms. The van der Waals surface area contributed by atoms with Crippen LogP contribution in [-0.2, 0) is 14.8 Å². The molecule has 0 saturated carbocycles. The van der Waals surface area contributed by atoms with Crippen molar-refractivity contribution >= 4 is 51.0 Å². The fraction of sp³-hybridized carbons (Fsp3) is 0.130. The first-order valence-corrected chi connectivity index (χ1v) is 12.1. The van der Waals surface area contributed by atoms with Crippen LogP contribution in [-0.4, -0.2) is 33.7 Å². The van der Waals surface area contributed by atoms with Crippen molar-refractivity contribution in [3.05, 3.63) is 88.4 Å². The summed E-state index contributed by atoms with van der Waals surface area (Å²) < 4.78 is 33.4. The minimum atomic E-state index is -4.07. The SMILES string of the molecule is CCOc1ccccc1N(CC(=O)N/N=C/c1ccc(Cl)c(Cl)c1)S(=O)(=O)c1ccccc1. The molecule has 0 unspecified atom stereocenters. The number of hydrogen-bond donors (Lipinski definition) is 1. The number of rotatable bonds is 9. The van der Waals surface area contributed by atoms with Crippen LogP contribution >= 0.6 is 23.2 Å². The minimum Gasteiger partial charge on any atom is -0.492 e. The molecule has 172 valence electrons. The number of ether oxygens (including phenoxy) is 1. The van der Waals surface area contributed by atoms with E-state index < -0.39 is 22.5 Å². The molecule has 1 N–H and O–H groups in total. The van der Waals surface area contributed by atoms with E-state index >= 15 is 0 Å². The number of hydrazone groups is 1. The van der Waals surface area contributed by atoms with Crippen molar-refractivity contribution < 1.29 is 17.9 Å². The van der Waals surface area contributed by atoms with Crippen LogP contribution in [0.4, 0.5) is 5.69 Å². The molecule has 0 atom stereocenters. The maximum Gasteiger partial charge on any atom is 0.264 e. The van der Waals surface area contributed by atoms with Gasteiger partial charge in [0.05, 0.1) is 33.4 Å². The number of sulfonamides is 1. The van der Waals surface area contributed by atoms with Gasteiger partial charge in [0, 0.05) is 0 Å². The van der Waals surface area contributed by atoms with Crippen LogP contribution in [0.3, 0.4) is 0 Å². The summed E-state index contributed by atoms with van der Waals surface area (Å²) in [5, 5.41) is 4.64. The van der Waals surface area contributed by atoms with E-state index in [1.807, 2.05) is 0 Å². The first-order chi connectivity index (χ1) is 15.8. The van der Waals surface area contributed by atoms with Crippen molar-refractivity contribution in [1.29, 1.82) is 0 Å². The fourth-order valence-corrected chi connectivity index (χ4v) is 4.66. The van der Waals surface area contributed by atoms with Crippen molar-refractivity contribution in [3.8, 4) is 5.75 Å². The zero-order chi connectivity index (χ0) is 23.8. The van der Waals surface area contributed by atoms with Gasteiger partial charge in [-0.1, -0.05) is 59.6 Å². The molecule has 3 aromatic rings. The molecule has 0 radical (unpaired) electrons.